The average molecular weight is 367 g/mol. The summed E-state index contributed by atoms with van der Waals surface area (Å²) >= 11 is 1.58. The zero-order chi connectivity index (χ0) is 18.2. The minimum atomic E-state index is 0.534. The van der Waals surface area contributed by atoms with Crippen molar-refractivity contribution in [3.63, 3.8) is 0 Å². The van der Waals surface area contributed by atoms with Gasteiger partial charge in [0.1, 0.15) is 0 Å². The first-order valence-electron chi connectivity index (χ1n) is 8.33. The summed E-state index contributed by atoms with van der Waals surface area (Å²) in [7, 11) is 1.63. The van der Waals surface area contributed by atoms with E-state index >= 15 is 0 Å². The highest BCUT2D eigenvalue weighted by molar-refractivity contribution is 7.14. The molecular formula is C20H21N3O2S. The molecule has 0 radical (unpaired) electrons. The van der Waals surface area contributed by atoms with Crippen LogP contribution in [0.4, 0.5) is 10.8 Å². The summed E-state index contributed by atoms with van der Waals surface area (Å²) in [6.07, 6.45) is 0.853. The van der Waals surface area contributed by atoms with Crippen molar-refractivity contribution in [2.24, 2.45) is 0 Å². The van der Waals surface area contributed by atoms with Gasteiger partial charge < -0.3 is 15.0 Å². The summed E-state index contributed by atoms with van der Waals surface area (Å²) in [5, 5.41) is 6.23. The minimum absolute atomic E-state index is 0.534. The number of hydrogen-bond acceptors (Lipinski definition) is 5. The zero-order valence-corrected chi connectivity index (χ0v) is 15.4. The summed E-state index contributed by atoms with van der Waals surface area (Å²) in [5.41, 5.74) is 4.12. The minimum Gasteiger partial charge on any atom is -0.383 e. The monoisotopic (exact) mass is 367 g/mol. The molecule has 0 atom stereocenters. The fraction of sp³-hybridized carbons (Fsp3) is 0.200. The van der Waals surface area contributed by atoms with E-state index in [1.165, 1.54) is 0 Å². The summed E-state index contributed by atoms with van der Waals surface area (Å²) in [4.78, 5) is 17.4. The number of nitrogens with one attached hydrogen (secondary N) is 1. The number of hydrogen-bond donors (Lipinski definition) is 1. The highest BCUT2D eigenvalue weighted by atomic mass is 32.1. The molecule has 0 spiro atoms. The van der Waals surface area contributed by atoms with Crippen LogP contribution in [-0.4, -0.2) is 36.6 Å². The van der Waals surface area contributed by atoms with Gasteiger partial charge in [-0.25, -0.2) is 4.98 Å². The van der Waals surface area contributed by atoms with Crippen molar-refractivity contribution in [1.29, 1.82) is 0 Å². The molecule has 0 aliphatic rings. The maximum Gasteiger partial charge on any atom is 0.210 e. The van der Waals surface area contributed by atoms with Crippen molar-refractivity contribution in [3.05, 3.63) is 65.5 Å². The Kier molecular flexibility index (Phi) is 6.35. The lowest BCUT2D eigenvalue weighted by molar-refractivity contribution is -0.119. The lowest BCUT2D eigenvalue weighted by Crippen LogP contribution is -2.25. The van der Waals surface area contributed by atoms with E-state index < -0.39 is 0 Å². The largest absolute Gasteiger partial charge is 0.383 e. The number of thiazole rings is 1. The van der Waals surface area contributed by atoms with Crippen LogP contribution in [0.1, 0.15) is 5.56 Å². The summed E-state index contributed by atoms with van der Waals surface area (Å²) in [6, 6.07) is 18.1. The third-order valence-corrected chi connectivity index (χ3v) is 4.65. The first-order chi connectivity index (χ1) is 12.8. The Morgan fingerprint density at radius 3 is 2.62 bits per heavy atom. The Labute approximate surface area is 157 Å². The number of anilines is 2. The van der Waals surface area contributed by atoms with Gasteiger partial charge >= 0.3 is 0 Å². The molecule has 2 aromatic carbocycles. The SMILES string of the molecule is COCCN(C=O)Cc1ccc(Nc2nc(-c3ccccc3)cs2)cc1. The summed E-state index contributed by atoms with van der Waals surface area (Å²) in [6.45, 7) is 1.69. The fourth-order valence-electron chi connectivity index (χ4n) is 2.50. The van der Waals surface area contributed by atoms with Crippen LogP contribution in [0.5, 0.6) is 0 Å². The second-order valence-corrected chi connectivity index (χ2v) is 6.65. The Morgan fingerprint density at radius 1 is 1.15 bits per heavy atom. The first-order valence-corrected chi connectivity index (χ1v) is 9.21. The standard InChI is InChI=1S/C20H21N3O2S/c1-25-12-11-23(15-24)13-16-7-9-18(10-8-16)21-20-22-19(14-26-20)17-5-3-2-4-6-17/h2-10,14-15H,11-13H2,1H3,(H,21,22). The van der Waals surface area contributed by atoms with E-state index in [2.05, 4.69) is 22.4 Å². The molecule has 0 aliphatic carbocycles. The molecule has 0 saturated heterocycles. The lowest BCUT2D eigenvalue weighted by Gasteiger charge is -2.17. The van der Waals surface area contributed by atoms with Crippen molar-refractivity contribution >= 4 is 28.6 Å². The van der Waals surface area contributed by atoms with Gasteiger partial charge in [-0.2, -0.15) is 0 Å². The number of carbonyl (C=O) groups excluding carboxylic acids is 1. The van der Waals surface area contributed by atoms with E-state index in [9.17, 15) is 4.79 Å². The number of aromatic nitrogens is 1. The predicted octanol–water partition coefficient (Wildman–Crippen LogP) is 4.16. The Bertz CT molecular complexity index is 819. The number of carbonyl (C=O) groups is 1. The number of amides is 1. The van der Waals surface area contributed by atoms with Gasteiger partial charge in [-0.05, 0) is 17.7 Å². The number of nitrogens with zero attached hydrogens (tertiary/aromatic N) is 2. The van der Waals surface area contributed by atoms with Crippen LogP contribution in [0.3, 0.4) is 0 Å². The topological polar surface area (TPSA) is 54.5 Å². The molecule has 3 aromatic rings. The third-order valence-electron chi connectivity index (χ3n) is 3.90. The van der Waals surface area contributed by atoms with E-state index in [-0.39, 0.29) is 0 Å². The molecule has 0 bridgehead atoms. The van der Waals surface area contributed by atoms with Crippen LogP contribution < -0.4 is 5.32 Å². The van der Waals surface area contributed by atoms with Crippen molar-refractivity contribution in [2.45, 2.75) is 6.54 Å². The van der Waals surface area contributed by atoms with Gasteiger partial charge in [-0.15, -0.1) is 11.3 Å². The molecule has 6 heteroatoms. The summed E-state index contributed by atoms with van der Waals surface area (Å²) < 4.78 is 5.01. The van der Waals surface area contributed by atoms with Crippen LogP contribution >= 0.6 is 11.3 Å². The second-order valence-electron chi connectivity index (χ2n) is 5.79. The van der Waals surface area contributed by atoms with Crippen molar-refractivity contribution < 1.29 is 9.53 Å². The number of methoxy groups -OCH3 is 1. The highest BCUT2D eigenvalue weighted by Gasteiger charge is 2.06. The molecule has 0 fully saturated rings. The molecule has 0 unspecified atom stereocenters. The molecule has 0 aliphatic heterocycles. The van der Waals surface area contributed by atoms with E-state index in [1.54, 1.807) is 23.3 Å². The molecule has 1 N–H and O–H groups in total. The number of ether oxygens (including phenoxy) is 1. The molecule has 1 amide bonds. The first kappa shape index (κ1) is 18.1. The Morgan fingerprint density at radius 2 is 1.92 bits per heavy atom. The van der Waals surface area contributed by atoms with Gasteiger partial charge in [0.2, 0.25) is 6.41 Å². The predicted molar refractivity (Wildman–Crippen MR) is 106 cm³/mol. The van der Waals surface area contributed by atoms with Crippen molar-refractivity contribution in [1.82, 2.24) is 9.88 Å². The molecule has 0 saturated carbocycles. The molecule has 5 nitrogen and oxygen atoms in total. The van der Waals surface area contributed by atoms with Gasteiger partial charge in [0.15, 0.2) is 5.13 Å². The smallest absolute Gasteiger partial charge is 0.210 e. The van der Waals surface area contributed by atoms with Gasteiger partial charge in [-0.1, -0.05) is 42.5 Å². The molecule has 26 heavy (non-hydrogen) atoms. The second kappa shape index (κ2) is 9.12. The number of benzene rings is 2. The van der Waals surface area contributed by atoms with Crippen LogP contribution in [-0.2, 0) is 16.1 Å². The number of rotatable bonds is 9. The van der Waals surface area contributed by atoms with E-state index in [0.717, 1.165) is 34.0 Å². The maximum atomic E-state index is 11.1. The van der Waals surface area contributed by atoms with E-state index in [4.69, 9.17) is 4.74 Å². The van der Waals surface area contributed by atoms with Gasteiger partial charge in [0, 0.05) is 36.8 Å². The van der Waals surface area contributed by atoms with Gasteiger partial charge in [0.25, 0.3) is 0 Å². The maximum absolute atomic E-state index is 11.1. The van der Waals surface area contributed by atoms with Crippen molar-refractivity contribution in [2.75, 3.05) is 25.6 Å². The Hall–Kier alpha value is -2.70. The van der Waals surface area contributed by atoms with Crippen molar-refractivity contribution in [3.8, 4) is 11.3 Å². The Balaban J connectivity index is 1.61. The molecular weight excluding hydrogens is 346 g/mol. The molecule has 1 heterocycles. The van der Waals surface area contributed by atoms with E-state index in [0.29, 0.717) is 19.7 Å². The van der Waals surface area contributed by atoms with Gasteiger partial charge in [-0.3, -0.25) is 4.79 Å². The normalized spacial score (nSPS) is 10.5. The average Bonchev–Trinajstić information content (AvgIpc) is 3.15. The fourth-order valence-corrected chi connectivity index (χ4v) is 3.24. The zero-order valence-electron chi connectivity index (χ0n) is 14.6. The van der Waals surface area contributed by atoms with Gasteiger partial charge in [0.05, 0.1) is 12.3 Å². The van der Waals surface area contributed by atoms with Crippen LogP contribution in [0.15, 0.2) is 60.0 Å². The third kappa shape index (κ3) is 4.91. The van der Waals surface area contributed by atoms with Crippen LogP contribution in [0.25, 0.3) is 11.3 Å². The molecule has 134 valence electrons. The molecule has 1 aromatic heterocycles. The summed E-state index contributed by atoms with van der Waals surface area (Å²) in [5.74, 6) is 0. The van der Waals surface area contributed by atoms with E-state index in [1.807, 2.05) is 47.8 Å². The highest BCUT2D eigenvalue weighted by Crippen LogP contribution is 2.27. The van der Waals surface area contributed by atoms with Crippen LogP contribution in [0.2, 0.25) is 0 Å². The molecule has 3 rings (SSSR count). The van der Waals surface area contributed by atoms with Crippen LogP contribution in [0, 0.1) is 0 Å². The lowest BCUT2D eigenvalue weighted by atomic mass is 10.2. The quantitative estimate of drug-likeness (QED) is 0.577.